The average Bonchev–Trinajstić information content (AvgIpc) is 2.02. The molecule has 4 heteroatoms. The van der Waals surface area contributed by atoms with Gasteiger partial charge in [-0.25, -0.2) is 0 Å². The fourth-order valence-electron chi connectivity index (χ4n) is 1.24. The third-order valence-electron chi connectivity index (χ3n) is 2.06. The quantitative estimate of drug-likeness (QED) is 0.567. The second kappa shape index (κ2) is 6.86. The van der Waals surface area contributed by atoms with Crippen LogP contribution in [0.5, 0.6) is 0 Å². The van der Waals surface area contributed by atoms with Gasteiger partial charge in [-0.15, -0.1) is 0 Å². The number of carboxylic acids is 1. The Hall–Kier alpha value is -0.610. The Kier molecular flexibility index (Phi) is 6.54. The van der Waals surface area contributed by atoms with Crippen LogP contribution in [0.25, 0.3) is 0 Å². The first kappa shape index (κ1) is 12.4. The van der Waals surface area contributed by atoms with Crippen molar-refractivity contribution in [3.05, 3.63) is 0 Å². The summed E-state index contributed by atoms with van der Waals surface area (Å²) in [6.45, 7) is 0.958. The molecule has 0 aliphatic heterocycles. The van der Waals surface area contributed by atoms with E-state index >= 15 is 0 Å². The van der Waals surface area contributed by atoms with Crippen LogP contribution in [-0.4, -0.2) is 49.7 Å². The minimum atomic E-state index is -0.727. The van der Waals surface area contributed by atoms with Gasteiger partial charge in [0.2, 0.25) is 0 Å². The van der Waals surface area contributed by atoms with Gasteiger partial charge >= 0.3 is 5.97 Å². The lowest BCUT2D eigenvalue weighted by molar-refractivity contribution is -0.142. The van der Waals surface area contributed by atoms with E-state index < -0.39 is 5.97 Å². The monoisotopic (exact) mass is 188 g/mol. The third kappa shape index (κ3) is 5.60. The van der Waals surface area contributed by atoms with Gasteiger partial charge in [0.05, 0.1) is 0 Å². The van der Waals surface area contributed by atoms with Crippen molar-refractivity contribution in [3.8, 4) is 0 Å². The molecule has 0 aromatic carbocycles. The van der Waals surface area contributed by atoms with E-state index in [4.69, 9.17) is 5.11 Å². The zero-order valence-electron chi connectivity index (χ0n) is 8.71. The molecule has 1 atom stereocenters. The van der Waals surface area contributed by atoms with E-state index in [-0.39, 0.29) is 6.04 Å². The van der Waals surface area contributed by atoms with Crippen LogP contribution in [0.2, 0.25) is 0 Å². The Bertz CT molecular complexity index is 149. The van der Waals surface area contributed by atoms with E-state index in [0.29, 0.717) is 0 Å². The predicted octanol–water partition coefficient (Wildman–Crippen LogP) is 0.391. The Morgan fingerprint density at radius 3 is 2.46 bits per heavy atom. The highest BCUT2D eigenvalue weighted by Gasteiger charge is 2.18. The summed E-state index contributed by atoms with van der Waals surface area (Å²) in [7, 11) is 5.51. The molecule has 2 N–H and O–H groups in total. The van der Waals surface area contributed by atoms with Gasteiger partial charge in [0, 0.05) is 0 Å². The second-order valence-corrected chi connectivity index (χ2v) is 3.42. The van der Waals surface area contributed by atoms with Crippen molar-refractivity contribution in [2.75, 3.05) is 27.7 Å². The van der Waals surface area contributed by atoms with Crippen LogP contribution in [0.3, 0.4) is 0 Å². The smallest absolute Gasteiger partial charge is 0.320 e. The van der Waals surface area contributed by atoms with E-state index in [1.54, 1.807) is 19.0 Å². The second-order valence-electron chi connectivity index (χ2n) is 3.42. The van der Waals surface area contributed by atoms with Gasteiger partial charge in [0.15, 0.2) is 0 Å². The summed E-state index contributed by atoms with van der Waals surface area (Å²) in [6, 6.07) is -0.336. The molecule has 0 heterocycles. The molecule has 1 unspecified atom stereocenters. The Morgan fingerprint density at radius 1 is 1.46 bits per heavy atom. The van der Waals surface area contributed by atoms with Crippen molar-refractivity contribution in [1.82, 2.24) is 10.2 Å². The molecule has 0 saturated carbocycles. The molecule has 0 bridgehead atoms. The van der Waals surface area contributed by atoms with E-state index in [1.165, 1.54) is 0 Å². The van der Waals surface area contributed by atoms with E-state index in [2.05, 4.69) is 5.32 Å². The maximum Gasteiger partial charge on any atom is 0.320 e. The summed E-state index contributed by atoms with van der Waals surface area (Å²) in [6.07, 6.45) is 2.72. The molecule has 0 radical (unpaired) electrons. The van der Waals surface area contributed by atoms with Gasteiger partial charge in [0.1, 0.15) is 6.04 Å². The Labute approximate surface area is 79.9 Å². The topological polar surface area (TPSA) is 52.6 Å². The molecular formula is C9H20N2O2. The number of unbranched alkanes of at least 4 members (excludes halogenated alkanes) is 1. The number of carboxylic acid groups (broad SMARTS) is 1. The summed E-state index contributed by atoms with van der Waals surface area (Å²) in [5.41, 5.74) is 0. The van der Waals surface area contributed by atoms with Crippen molar-refractivity contribution in [3.63, 3.8) is 0 Å². The van der Waals surface area contributed by atoms with Crippen LogP contribution in [0, 0.1) is 0 Å². The summed E-state index contributed by atoms with van der Waals surface area (Å²) in [5.74, 6) is -0.727. The van der Waals surface area contributed by atoms with Gasteiger partial charge in [-0.1, -0.05) is 6.42 Å². The lowest BCUT2D eigenvalue weighted by Crippen LogP contribution is -2.35. The molecule has 0 aromatic rings. The number of hydrogen-bond acceptors (Lipinski definition) is 3. The van der Waals surface area contributed by atoms with Gasteiger partial charge in [-0.05, 0) is 40.5 Å². The molecule has 0 spiro atoms. The van der Waals surface area contributed by atoms with Gasteiger partial charge in [-0.2, -0.15) is 0 Å². The van der Waals surface area contributed by atoms with Crippen LogP contribution in [-0.2, 0) is 4.79 Å². The molecule has 4 nitrogen and oxygen atoms in total. The molecule has 0 rings (SSSR count). The first-order valence-electron chi connectivity index (χ1n) is 4.63. The van der Waals surface area contributed by atoms with Gasteiger partial charge in [0.25, 0.3) is 0 Å². The molecule has 0 aliphatic rings. The Balaban J connectivity index is 3.64. The van der Waals surface area contributed by atoms with E-state index in [0.717, 1.165) is 25.8 Å². The zero-order valence-corrected chi connectivity index (χ0v) is 8.71. The number of rotatable bonds is 7. The van der Waals surface area contributed by atoms with Crippen molar-refractivity contribution < 1.29 is 9.90 Å². The molecule has 0 amide bonds. The van der Waals surface area contributed by atoms with Crippen LogP contribution in [0.15, 0.2) is 0 Å². The lowest BCUT2D eigenvalue weighted by atomic mass is 10.1. The van der Waals surface area contributed by atoms with Crippen molar-refractivity contribution in [2.24, 2.45) is 0 Å². The number of nitrogens with zero attached hydrogens (tertiary/aromatic N) is 1. The first-order valence-corrected chi connectivity index (χ1v) is 4.63. The van der Waals surface area contributed by atoms with Crippen molar-refractivity contribution in [1.29, 1.82) is 0 Å². The maximum absolute atomic E-state index is 10.7. The number of carbonyl (C=O) groups is 1. The minimum Gasteiger partial charge on any atom is -0.480 e. The third-order valence-corrected chi connectivity index (χ3v) is 2.06. The molecule has 0 saturated heterocycles. The van der Waals surface area contributed by atoms with Crippen LogP contribution >= 0.6 is 0 Å². The first-order chi connectivity index (χ1) is 6.09. The number of likely N-dealkylation sites (N-methyl/N-ethyl adjacent to an activating group) is 1. The molecule has 0 fully saturated rings. The van der Waals surface area contributed by atoms with Crippen LogP contribution < -0.4 is 5.32 Å². The molecule has 78 valence electrons. The highest BCUT2D eigenvalue weighted by Crippen LogP contribution is 2.05. The number of hydrogen-bond donors (Lipinski definition) is 2. The minimum absolute atomic E-state index is 0.336. The summed E-state index contributed by atoms with van der Waals surface area (Å²) in [4.78, 5) is 12.5. The van der Waals surface area contributed by atoms with Crippen LogP contribution in [0.1, 0.15) is 19.3 Å². The fourth-order valence-corrected chi connectivity index (χ4v) is 1.24. The van der Waals surface area contributed by atoms with Crippen molar-refractivity contribution in [2.45, 2.75) is 25.3 Å². The molecule has 13 heavy (non-hydrogen) atoms. The summed E-state index contributed by atoms with van der Waals surface area (Å²) in [5, 5.41) is 11.9. The molecular weight excluding hydrogens is 168 g/mol. The SMILES string of the molecule is CNCCCCC(C(=O)O)N(C)C. The fraction of sp³-hybridized carbons (Fsp3) is 0.889. The normalized spacial score (nSPS) is 13.2. The largest absolute Gasteiger partial charge is 0.480 e. The standard InChI is InChI=1S/C9H20N2O2/c1-10-7-5-4-6-8(9(12)13)11(2)3/h8,10H,4-7H2,1-3H3,(H,12,13). The van der Waals surface area contributed by atoms with E-state index in [1.807, 2.05) is 7.05 Å². The van der Waals surface area contributed by atoms with Crippen molar-refractivity contribution >= 4 is 5.97 Å². The maximum atomic E-state index is 10.7. The number of aliphatic carboxylic acids is 1. The predicted molar refractivity (Wildman–Crippen MR) is 52.9 cm³/mol. The summed E-state index contributed by atoms with van der Waals surface area (Å²) < 4.78 is 0. The van der Waals surface area contributed by atoms with E-state index in [9.17, 15) is 4.79 Å². The highest BCUT2D eigenvalue weighted by atomic mass is 16.4. The Morgan fingerprint density at radius 2 is 2.08 bits per heavy atom. The highest BCUT2D eigenvalue weighted by molar-refractivity contribution is 5.73. The lowest BCUT2D eigenvalue weighted by Gasteiger charge is -2.19. The van der Waals surface area contributed by atoms with Gasteiger partial charge < -0.3 is 10.4 Å². The van der Waals surface area contributed by atoms with Crippen LogP contribution in [0.4, 0.5) is 0 Å². The molecule has 0 aromatic heterocycles. The summed E-state index contributed by atoms with van der Waals surface area (Å²) >= 11 is 0. The van der Waals surface area contributed by atoms with Gasteiger partial charge in [-0.3, -0.25) is 9.69 Å². The average molecular weight is 188 g/mol. The zero-order chi connectivity index (χ0) is 10.3. The number of nitrogens with one attached hydrogen (secondary N) is 1. The molecule has 0 aliphatic carbocycles.